The fraction of sp³-hybridized carbons (Fsp3) is 0.500. The fourth-order valence-corrected chi connectivity index (χ4v) is 2.93. The molecule has 0 atom stereocenters. The van der Waals surface area contributed by atoms with E-state index in [1.54, 1.807) is 6.07 Å². The van der Waals surface area contributed by atoms with Crippen LogP contribution in [0.5, 0.6) is 0 Å². The topological polar surface area (TPSA) is 76.3 Å². The van der Waals surface area contributed by atoms with E-state index >= 15 is 0 Å². The number of aromatic nitrogens is 1. The van der Waals surface area contributed by atoms with Gasteiger partial charge in [0.2, 0.25) is 0 Å². The van der Waals surface area contributed by atoms with Gasteiger partial charge in [-0.2, -0.15) is 0 Å². The Kier molecular flexibility index (Phi) is 2.75. The number of rotatable bonds is 1. The molecule has 5 nitrogen and oxygen atoms in total. The van der Waals surface area contributed by atoms with Crippen LogP contribution < -0.4 is 10.6 Å². The molecular formula is C10H15N3O2S. The summed E-state index contributed by atoms with van der Waals surface area (Å²) in [5.74, 6) is 1.07. The summed E-state index contributed by atoms with van der Waals surface area (Å²) in [4.78, 5) is 6.28. The molecule has 2 rings (SSSR count). The third-order valence-corrected chi connectivity index (χ3v) is 4.30. The first-order valence-corrected chi connectivity index (χ1v) is 6.98. The second kappa shape index (κ2) is 3.93. The van der Waals surface area contributed by atoms with Gasteiger partial charge in [0.05, 0.1) is 17.2 Å². The standard InChI is InChI=1S/C10H15N3O2S/c1-8-2-3-9(11)10(12-8)13-4-6-16(14,15)7-5-13/h2-3H,4-7,11H2,1H3. The number of nitrogens with zero attached hydrogens (tertiary/aromatic N) is 2. The molecule has 2 heterocycles. The van der Waals surface area contributed by atoms with Gasteiger partial charge >= 0.3 is 0 Å². The molecule has 0 saturated carbocycles. The minimum atomic E-state index is -2.86. The SMILES string of the molecule is Cc1ccc(N)c(N2CCS(=O)(=O)CC2)n1. The molecule has 6 heteroatoms. The Morgan fingerprint density at radius 3 is 2.56 bits per heavy atom. The number of sulfone groups is 1. The van der Waals surface area contributed by atoms with Gasteiger partial charge in [-0.05, 0) is 19.1 Å². The quantitative estimate of drug-likeness (QED) is 0.760. The van der Waals surface area contributed by atoms with E-state index in [0.29, 0.717) is 24.6 Å². The van der Waals surface area contributed by atoms with Crippen molar-refractivity contribution in [3.63, 3.8) is 0 Å². The maximum atomic E-state index is 11.3. The smallest absolute Gasteiger partial charge is 0.153 e. The van der Waals surface area contributed by atoms with Crippen molar-refractivity contribution in [3.05, 3.63) is 17.8 Å². The molecule has 0 aliphatic carbocycles. The van der Waals surface area contributed by atoms with E-state index in [-0.39, 0.29) is 11.5 Å². The maximum absolute atomic E-state index is 11.3. The summed E-state index contributed by atoms with van der Waals surface area (Å²) in [5, 5.41) is 0. The number of hydrogen-bond donors (Lipinski definition) is 1. The van der Waals surface area contributed by atoms with Crippen molar-refractivity contribution in [2.45, 2.75) is 6.92 Å². The second-order valence-electron chi connectivity index (χ2n) is 4.00. The molecule has 16 heavy (non-hydrogen) atoms. The lowest BCUT2D eigenvalue weighted by molar-refractivity contribution is 0.586. The molecule has 0 amide bonds. The van der Waals surface area contributed by atoms with Gasteiger partial charge in [0.1, 0.15) is 0 Å². The van der Waals surface area contributed by atoms with Gasteiger partial charge in [0.15, 0.2) is 15.7 Å². The van der Waals surface area contributed by atoms with Crippen LogP contribution in [-0.4, -0.2) is 38.0 Å². The molecule has 2 N–H and O–H groups in total. The van der Waals surface area contributed by atoms with Crippen LogP contribution in [0.4, 0.5) is 11.5 Å². The zero-order valence-corrected chi connectivity index (χ0v) is 10.00. The Morgan fingerprint density at radius 1 is 1.31 bits per heavy atom. The lowest BCUT2D eigenvalue weighted by Gasteiger charge is -2.28. The first kappa shape index (κ1) is 11.2. The molecule has 0 bridgehead atoms. The molecule has 0 unspecified atom stereocenters. The third kappa shape index (κ3) is 2.27. The molecule has 0 aromatic carbocycles. The first-order valence-electron chi connectivity index (χ1n) is 5.16. The van der Waals surface area contributed by atoms with Gasteiger partial charge in [0.25, 0.3) is 0 Å². The summed E-state index contributed by atoms with van der Waals surface area (Å²) >= 11 is 0. The average molecular weight is 241 g/mol. The first-order chi connectivity index (χ1) is 7.48. The van der Waals surface area contributed by atoms with Crippen LogP contribution in [0.25, 0.3) is 0 Å². The van der Waals surface area contributed by atoms with E-state index in [4.69, 9.17) is 5.73 Å². The Bertz CT molecular complexity index is 485. The largest absolute Gasteiger partial charge is 0.396 e. The minimum Gasteiger partial charge on any atom is -0.396 e. The summed E-state index contributed by atoms with van der Waals surface area (Å²) in [6.07, 6.45) is 0. The summed E-state index contributed by atoms with van der Waals surface area (Å²) in [7, 11) is -2.86. The normalized spacial score (nSPS) is 19.7. The summed E-state index contributed by atoms with van der Waals surface area (Å²) < 4.78 is 22.6. The zero-order valence-electron chi connectivity index (χ0n) is 9.18. The molecule has 0 radical (unpaired) electrons. The molecule has 1 saturated heterocycles. The highest BCUT2D eigenvalue weighted by atomic mass is 32.2. The van der Waals surface area contributed by atoms with Crippen molar-refractivity contribution < 1.29 is 8.42 Å². The monoisotopic (exact) mass is 241 g/mol. The molecule has 1 aromatic heterocycles. The highest BCUT2D eigenvalue weighted by molar-refractivity contribution is 7.91. The van der Waals surface area contributed by atoms with Crippen molar-refractivity contribution in [2.75, 3.05) is 35.2 Å². The van der Waals surface area contributed by atoms with Crippen LogP contribution in [0.1, 0.15) is 5.69 Å². The molecule has 1 fully saturated rings. The van der Waals surface area contributed by atoms with Gasteiger partial charge < -0.3 is 10.6 Å². The highest BCUT2D eigenvalue weighted by Crippen LogP contribution is 2.22. The van der Waals surface area contributed by atoms with Crippen LogP contribution >= 0.6 is 0 Å². The van der Waals surface area contributed by atoms with Gasteiger partial charge in [-0.3, -0.25) is 0 Å². The van der Waals surface area contributed by atoms with E-state index in [0.717, 1.165) is 5.69 Å². The van der Waals surface area contributed by atoms with Gasteiger partial charge in [-0.25, -0.2) is 13.4 Å². The van der Waals surface area contributed by atoms with Gasteiger partial charge in [-0.1, -0.05) is 0 Å². The Labute approximate surface area is 95.2 Å². The summed E-state index contributed by atoms with van der Waals surface area (Å²) in [6, 6.07) is 3.65. The maximum Gasteiger partial charge on any atom is 0.153 e. The van der Waals surface area contributed by atoms with E-state index in [1.165, 1.54) is 0 Å². The van der Waals surface area contributed by atoms with Crippen molar-refractivity contribution in [3.8, 4) is 0 Å². The minimum absolute atomic E-state index is 0.183. The average Bonchev–Trinajstić information content (AvgIpc) is 2.22. The summed E-state index contributed by atoms with van der Waals surface area (Å²) in [6.45, 7) is 2.84. The number of anilines is 2. The highest BCUT2D eigenvalue weighted by Gasteiger charge is 2.23. The van der Waals surface area contributed by atoms with E-state index in [9.17, 15) is 8.42 Å². The number of pyridine rings is 1. The molecule has 0 spiro atoms. The second-order valence-corrected chi connectivity index (χ2v) is 6.31. The third-order valence-electron chi connectivity index (χ3n) is 2.69. The number of aryl methyl sites for hydroxylation is 1. The van der Waals surface area contributed by atoms with Crippen molar-refractivity contribution in [1.29, 1.82) is 0 Å². The van der Waals surface area contributed by atoms with Crippen molar-refractivity contribution >= 4 is 21.3 Å². The van der Waals surface area contributed by atoms with Crippen LogP contribution in [0.15, 0.2) is 12.1 Å². The lowest BCUT2D eigenvalue weighted by Crippen LogP contribution is -2.41. The number of nitrogen functional groups attached to an aromatic ring is 1. The molecule has 1 aliphatic rings. The van der Waals surface area contributed by atoms with Crippen LogP contribution in [0, 0.1) is 6.92 Å². The molecular weight excluding hydrogens is 226 g/mol. The number of nitrogens with two attached hydrogens (primary N) is 1. The van der Waals surface area contributed by atoms with Crippen molar-refractivity contribution in [2.24, 2.45) is 0 Å². The van der Waals surface area contributed by atoms with Gasteiger partial charge in [0, 0.05) is 18.8 Å². The van der Waals surface area contributed by atoms with E-state index in [2.05, 4.69) is 4.98 Å². The molecule has 1 aromatic rings. The van der Waals surface area contributed by atoms with Crippen LogP contribution in [0.2, 0.25) is 0 Å². The predicted octanol–water partition coefficient (Wildman–Crippen LogP) is 0.207. The fourth-order valence-electron chi connectivity index (χ4n) is 1.73. The van der Waals surface area contributed by atoms with Gasteiger partial charge in [-0.15, -0.1) is 0 Å². The Hall–Kier alpha value is -1.30. The van der Waals surface area contributed by atoms with E-state index < -0.39 is 9.84 Å². The van der Waals surface area contributed by atoms with E-state index in [1.807, 2.05) is 17.9 Å². The zero-order chi connectivity index (χ0) is 11.8. The Balaban J connectivity index is 2.23. The Morgan fingerprint density at radius 2 is 1.94 bits per heavy atom. The summed E-state index contributed by atoms with van der Waals surface area (Å²) in [5.41, 5.74) is 7.32. The lowest BCUT2D eigenvalue weighted by atomic mass is 10.3. The predicted molar refractivity (Wildman–Crippen MR) is 64.3 cm³/mol. The molecule has 1 aliphatic heterocycles. The van der Waals surface area contributed by atoms with Crippen LogP contribution in [0.3, 0.4) is 0 Å². The number of hydrogen-bond acceptors (Lipinski definition) is 5. The van der Waals surface area contributed by atoms with Crippen LogP contribution in [-0.2, 0) is 9.84 Å². The molecule has 88 valence electrons. The van der Waals surface area contributed by atoms with Crippen molar-refractivity contribution in [1.82, 2.24) is 4.98 Å².